The fraction of sp³-hybridized carbons (Fsp3) is 0.562. The van der Waals surface area contributed by atoms with Crippen LogP contribution in [0.4, 0.5) is 0 Å². The molecule has 1 aliphatic carbocycles. The lowest BCUT2D eigenvalue weighted by Gasteiger charge is -2.30. The summed E-state index contributed by atoms with van der Waals surface area (Å²) < 4.78 is 5.74. The van der Waals surface area contributed by atoms with Crippen LogP contribution in [0.5, 0.6) is 5.75 Å². The average Bonchev–Trinajstić information content (AvgIpc) is 3.14. The van der Waals surface area contributed by atoms with E-state index >= 15 is 0 Å². The zero-order chi connectivity index (χ0) is 14.2. The molecular formula is C16H21NO3. The number of hydrogen-bond donors (Lipinski definition) is 1. The van der Waals surface area contributed by atoms with Crippen LogP contribution in [0.15, 0.2) is 24.3 Å². The van der Waals surface area contributed by atoms with E-state index in [2.05, 4.69) is 4.90 Å². The minimum absolute atomic E-state index is 0.411. The van der Waals surface area contributed by atoms with Crippen molar-refractivity contribution >= 4 is 5.97 Å². The second kappa shape index (κ2) is 5.09. The molecule has 0 bridgehead atoms. The molecule has 4 nitrogen and oxygen atoms in total. The van der Waals surface area contributed by atoms with Gasteiger partial charge in [0, 0.05) is 13.1 Å². The molecule has 1 aromatic carbocycles. The van der Waals surface area contributed by atoms with E-state index in [0.717, 1.165) is 31.7 Å². The Kier molecular flexibility index (Phi) is 3.42. The Morgan fingerprint density at radius 3 is 3.15 bits per heavy atom. The summed E-state index contributed by atoms with van der Waals surface area (Å²) in [5.74, 6) is 0.681. The third kappa shape index (κ3) is 2.52. The molecule has 2 atom stereocenters. The molecule has 1 heterocycles. The van der Waals surface area contributed by atoms with E-state index < -0.39 is 11.4 Å². The zero-order valence-electron chi connectivity index (χ0n) is 11.8. The Morgan fingerprint density at radius 1 is 1.55 bits per heavy atom. The number of likely N-dealkylation sites (tertiary alicyclic amines) is 1. The summed E-state index contributed by atoms with van der Waals surface area (Å²) in [4.78, 5) is 13.6. The Hall–Kier alpha value is -1.55. The van der Waals surface area contributed by atoms with Crippen LogP contribution in [0, 0.1) is 18.3 Å². The maximum absolute atomic E-state index is 11.3. The number of rotatable bonds is 5. The molecule has 1 aliphatic heterocycles. The topological polar surface area (TPSA) is 49.8 Å². The first-order valence-electron chi connectivity index (χ1n) is 7.25. The van der Waals surface area contributed by atoms with Crippen LogP contribution in [0.3, 0.4) is 0 Å². The van der Waals surface area contributed by atoms with Gasteiger partial charge in [-0.2, -0.15) is 0 Å². The van der Waals surface area contributed by atoms with Crippen LogP contribution in [-0.4, -0.2) is 42.2 Å². The Balaban J connectivity index is 1.48. The van der Waals surface area contributed by atoms with Crippen molar-refractivity contribution in [1.29, 1.82) is 0 Å². The molecule has 1 N–H and O–H groups in total. The van der Waals surface area contributed by atoms with Gasteiger partial charge in [0.2, 0.25) is 0 Å². The van der Waals surface area contributed by atoms with Crippen molar-refractivity contribution in [2.24, 2.45) is 11.3 Å². The number of carboxylic acids is 1. The highest BCUT2D eigenvalue weighted by Gasteiger charge is 2.62. The van der Waals surface area contributed by atoms with E-state index in [1.807, 2.05) is 31.2 Å². The molecule has 0 spiro atoms. The highest BCUT2D eigenvalue weighted by Crippen LogP contribution is 2.57. The maximum atomic E-state index is 11.3. The van der Waals surface area contributed by atoms with Crippen molar-refractivity contribution < 1.29 is 14.6 Å². The minimum atomic E-state index is -0.619. The van der Waals surface area contributed by atoms with Gasteiger partial charge in [-0.3, -0.25) is 9.69 Å². The van der Waals surface area contributed by atoms with E-state index in [9.17, 15) is 9.90 Å². The molecule has 2 unspecified atom stereocenters. The lowest BCUT2D eigenvalue weighted by Crippen LogP contribution is -2.42. The monoisotopic (exact) mass is 275 g/mol. The first-order valence-corrected chi connectivity index (χ1v) is 7.25. The van der Waals surface area contributed by atoms with Crippen molar-refractivity contribution in [2.45, 2.75) is 19.8 Å². The predicted molar refractivity (Wildman–Crippen MR) is 75.9 cm³/mol. The van der Waals surface area contributed by atoms with Gasteiger partial charge >= 0.3 is 5.97 Å². The molecule has 108 valence electrons. The van der Waals surface area contributed by atoms with E-state index in [4.69, 9.17) is 4.74 Å². The molecule has 3 rings (SSSR count). The Bertz CT molecular complexity index is 516. The number of piperidine rings is 1. The number of carbonyl (C=O) groups is 1. The van der Waals surface area contributed by atoms with E-state index in [0.29, 0.717) is 19.1 Å². The van der Waals surface area contributed by atoms with Crippen molar-refractivity contribution in [1.82, 2.24) is 4.90 Å². The van der Waals surface area contributed by atoms with E-state index in [-0.39, 0.29) is 0 Å². The van der Waals surface area contributed by atoms with Crippen molar-refractivity contribution in [2.75, 3.05) is 26.2 Å². The summed E-state index contributed by atoms with van der Waals surface area (Å²) in [5, 5.41) is 9.33. The summed E-state index contributed by atoms with van der Waals surface area (Å²) in [7, 11) is 0. The van der Waals surface area contributed by atoms with Crippen LogP contribution in [0.2, 0.25) is 0 Å². The third-order valence-electron chi connectivity index (χ3n) is 4.62. The Labute approximate surface area is 119 Å². The minimum Gasteiger partial charge on any atom is -0.492 e. The van der Waals surface area contributed by atoms with Crippen LogP contribution in [0.1, 0.15) is 18.4 Å². The number of aryl methyl sites for hydroxylation is 1. The first-order chi connectivity index (χ1) is 9.60. The van der Waals surface area contributed by atoms with Gasteiger partial charge in [-0.25, -0.2) is 0 Å². The number of benzene rings is 1. The van der Waals surface area contributed by atoms with Gasteiger partial charge in [-0.15, -0.1) is 0 Å². The maximum Gasteiger partial charge on any atom is 0.311 e. The number of ether oxygens (including phenoxy) is 1. The number of nitrogens with zero attached hydrogens (tertiary/aromatic N) is 1. The third-order valence-corrected chi connectivity index (χ3v) is 4.62. The predicted octanol–water partition coefficient (Wildman–Crippen LogP) is 2.17. The second-order valence-electron chi connectivity index (χ2n) is 6.09. The molecule has 0 aromatic heterocycles. The highest BCUT2D eigenvalue weighted by atomic mass is 16.5. The molecule has 0 radical (unpaired) electrons. The summed E-state index contributed by atoms with van der Waals surface area (Å²) >= 11 is 0. The van der Waals surface area contributed by atoms with Crippen LogP contribution in [-0.2, 0) is 4.79 Å². The fourth-order valence-corrected chi connectivity index (χ4v) is 3.29. The van der Waals surface area contributed by atoms with Crippen molar-refractivity contribution in [3.05, 3.63) is 29.8 Å². The van der Waals surface area contributed by atoms with Crippen LogP contribution < -0.4 is 4.74 Å². The van der Waals surface area contributed by atoms with Gasteiger partial charge in [0.1, 0.15) is 12.4 Å². The second-order valence-corrected chi connectivity index (χ2v) is 6.09. The molecular weight excluding hydrogens is 254 g/mol. The molecule has 1 saturated heterocycles. The zero-order valence-corrected chi connectivity index (χ0v) is 11.8. The highest BCUT2D eigenvalue weighted by molar-refractivity contribution is 5.79. The number of hydrogen-bond acceptors (Lipinski definition) is 3. The molecule has 20 heavy (non-hydrogen) atoms. The normalized spacial score (nSPS) is 28.8. The molecule has 2 aliphatic rings. The SMILES string of the molecule is Cc1cccc(OCCN2CCC3CC3(C(=O)O)C2)c1. The van der Waals surface area contributed by atoms with E-state index in [1.54, 1.807) is 0 Å². The smallest absolute Gasteiger partial charge is 0.311 e. The summed E-state index contributed by atoms with van der Waals surface area (Å²) in [5.41, 5.74) is 0.743. The summed E-state index contributed by atoms with van der Waals surface area (Å²) in [6.07, 6.45) is 1.87. The van der Waals surface area contributed by atoms with Crippen molar-refractivity contribution in [3.8, 4) is 5.75 Å². The fourth-order valence-electron chi connectivity index (χ4n) is 3.29. The molecule has 1 aromatic rings. The molecule has 4 heteroatoms. The quantitative estimate of drug-likeness (QED) is 0.894. The molecule has 1 saturated carbocycles. The lowest BCUT2D eigenvalue weighted by molar-refractivity contribution is -0.145. The van der Waals surface area contributed by atoms with Gasteiger partial charge in [-0.05, 0) is 49.9 Å². The van der Waals surface area contributed by atoms with Gasteiger partial charge in [0.15, 0.2) is 0 Å². The molecule has 0 amide bonds. The standard InChI is InChI=1S/C16H21NO3/c1-12-3-2-4-14(9-12)20-8-7-17-6-5-13-10-16(13,11-17)15(18)19/h2-4,9,13H,5-8,10-11H2,1H3,(H,18,19). The van der Waals surface area contributed by atoms with Gasteiger partial charge in [0.05, 0.1) is 5.41 Å². The average molecular weight is 275 g/mol. The van der Waals surface area contributed by atoms with Gasteiger partial charge in [0.25, 0.3) is 0 Å². The largest absolute Gasteiger partial charge is 0.492 e. The lowest BCUT2D eigenvalue weighted by atomic mass is 9.97. The number of carboxylic acid groups (broad SMARTS) is 1. The first kappa shape index (κ1) is 13.4. The van der Waals surface area contributed by atoms with Gasteiger partial charge in [-0.1, -0.05) is 12.1 Å². The van der Waals surface area contributed by atoms with E-state index in [1.165, 1.54) is 5.56 Å². The van der Waals surface area contributed by atoms with Crippen LogP contribution in [0.25, 0.3) is 0 Å². The van der Waals surface area contributed by atoms with Crippen LogP contribution >= 0.6 is 0 Å². The summed E-state index contributed by atoms with van der Waals surface area (Å²) in [6.45, 7) is 5.14. The van der Waals surface area contributed by atoms with Gasteiger partial charge < -0.3 is 9.84 Å². The Morgan fingerprint density at radius 2 is 2.40 bits per heavy atom. The number of fused-ring (bicyclic) bond motifs is 1. The number of aliphatic carboxylic acids is 1. The molecule has 2 fully saturated rings. The van der Waals surface area contributed by atoms with Crippen molar-refractivity contribution in [3.63, 3.8) is 0 Å². The summed E-state index contributed by atoms with van der Waals surface area (Å²) in [6, 6.07) is 8.01.